The van der Waals surface area contributed by atoms with Gasteiger partial charge < -0.3 is 22.9 Å². The van der Waals surface area contributed by atoms with Gasteiger partial charge in [0.1, 0.15) is 38.2 Å². The number of azo groups is 4. The zero-order valence-electron chi connectivity index (χ0n) is 28.8. The number of nitrogens with two attached hydrogens (primary N) is 4. The number of hydrogen-bond acceptors (Lipinski definition) is 16. The normalized spacial score (nSPS) is 12.4. The summed E-state index contributed by atoms with van der Waals surface area (Å²) >= 11 is 0. The van der Waals surface area contributed by atoms with Crippen molar-refractivity contribution in [3.63, 3.8) is 0 Å². The molecule has 0 bridgehead atoms. The summed E-state index contributed by atoms with van der Waals surface area (Å²) in [5.74, 6) is 0. The number of hydrogen-bond donors (Lipinski definition) is 6. The molecule has 0 aliphatic heterocycles. The van der Waals surface area contributed by atoms with Crippen LogP contribution in [0.3, 0.4) is 0 Å². The largest absolute Gasteiger partial charge is 0.397 e. The van der Waals surface area contributed by atoms with Crippen molar-refractivity contribution >= 4 is 88.5 Å². The summed E-state index contributed by atoms with van der Waals surface area (Å²) in [6, 6.07) is 30.6. The fraction of sp³-hybridized carbons (Fsp3) is 0. The fourth-order valence-corrected chi connectivity index (χ4v) is 6.35. The molecule has 0 radical (unpaired) electrons. The SMILES string of the molecule is Nc1cc(N)c(N=Nc2ccc(-c3ccc(N=Nc4cc(N=Nc5ccccc5S(=O)(=O)O)c(N)cc4N)cc3S(=O)(=O)O)cc2)cc1N=Nc1ccccc1. The van der Waals surface area contributed by atoms with E-state index >= 15 is 0 Å². The molecule has 10 N–H and O–H groups in total. The summed E-state index contributed by atoms with van der Waals surface area (Å²) < 4.78 is 68.0. The Bertz CT molecular complexity index is 2800. The molecule has 18 nitrogen and oxygen atoms in total. The van der Waals surface area contributed by atoms with Crippen molar-refractivity contribution in [2.75, 3.05) is 22.9 Å². The molecule has 0 heterocycles. The van der Waals surface area contributed by atoms with Crippen molar-refractivity contribution in [2.45, 2.75) is 9.79 Å². The Morgan fingerprint density at radius 3 is 1.30 bits per heavy atom. The van der Waals surface area contributed by atoms with Gasteiger partial charge in [-0.3, -0.25) is 9.11 Å². The van der Waals surface area contributed by atoms with E-state index in [2.05, 4.69) is 40.9 Å². The molecule has 6 rings (SSSR count). The molecule has 282 valence electrons. The van der Waals surface area contributed by atoms with E-state index in [-0.39, 0.29) is 45.4 Å². The van der Waals surface area contributed by atoms with Gasteiger partial charge in [-0.15, -0.1) is 25.6 Å². The van der Waals surface area contributed by atoms with Crippen LogP contribution in [0.2, 0.25) is 0 Å². The number of anilines is 4. The molecule has 0 unspecified atom stereocenters. The minimum Gasteiger partial charge on any atom is -0.397 e. The molecule has 0 aliphatic carbocycles. The second-order valence-corrected chi connectivity index (χ2v) is 14.5. The molecule has 6 aromatic carbocycles. The first-order chi connectivity index (χ1) is 26.7. The number of nitrogens with zero attached hydrogens (tertiary/aromatic N) is 8. The standard InChI is InChI=1S/C36H30N12O6S2/c37-26-17-27(38)32(19-31(26)45-41-22-6-2-1-3-7-22)46-42-23-12-10-21(11-13-23)25-15-14-24(16-36(25)56(52,53)54)43-47-33-20-34(29(40)18-28(33)39)48-44-30-8-4-5-9-35(30)55(49,50)51/h1-20H,37-40H2,(H,49,50,51)(H,52,53,54). The van der Waals surface area contributed by atoms with Crippen molar-refractivity contribution < 1.29 is 25.9 Å². The molecular weight excluding hydrogens is 761 g/mol. The molecule has 0 atom stereocenters. The first-order valence-corrected chi connectivity index (χ1v) is 18.9. The van der Waals surface area contributed by atoms with Gasteiger partial charge in [-0.2, -0.15) is 32.2 Å². The summed E-state index contributed by atoms with van der Waals surface area (Å²) in [4.78, 5) is -0.914. The van der Waals surface area contributed by atoms with E-state index in [1.807, 2.05) is 18.2 Å². The minimum absolute atomic E-state index is 0.0389. The number of nitrogen functional groups attached to an aromatic ring is 4. The Balaban J connectivity index is 1.23. The third kappa shape index (κ3) is 9.26. The van der Waals surface area contributed by atoms with Gasteiger partial charge in [0.15, 0.2) is 0 Å². The molecule has 56 heavy (non-hydrogen) atoms. The second-order valence-electron chi connectivity index (χ2n) is 11.7. The topological polar surface area (TPSA) is 312 Å². The maximum Gasteiger partial charge on any atom is 0.296 e. The zero-order chi connectivity index (χ0) is 40.0. The Kier molecular flexibility index (Phi) is 11.0. The van der Waals surface area contributed by atoms with Gasteiger partial charge in [-0.1, -0.05) is 48.5 Å². The van der Waals surface area contributed by atoms with Crippen molar-refractivity contribution in [3.05, 3.63) is 121 Å². The highest BCUT2D eigenvalue weighted by molar-refractivity contribution is 7.86. The van der Waals surface area contributed by atoms with E-state index in [1.165, 1.54) is 48.5 Å². The van der Waals surface area contributed by atoms with Crippen LogP contribution in [-0.2, 0) is 20.2 Å². The summed E-state index contributed by atoms with van der Waals surface area (Å²) in [5, 5.41) is 32.9. The molecular formula is C36H30N12O6S2. The average Bonchev–Trinajstić information content (AvgIpc) is 3.16. The Hall–Kier alpha value is -7.26. The maximum atomic E-state index is 12.5. The molecule has 0 saturated carbocycles. The van der Waals surface area contributed by atoms with Gasteiger partial charge in [0.2, 0.25) is 0 Å². The lowest BCUT2D eigenvalue weighted by Crippen LogP contribution is -2.00. The molecule has 6 aromatic rings. The number of rotatable bonds is 11. The van der Waals surface area contributed by atoms with Crippen LogP contribution < -0.4 is 22.9 Å². The molecule has 0 amide bonds. The van der Waals surface area contributed by atoms with Gasteiger partial charge in [0.05, 0.1) is 39.8 Å². The van der Waals surface area contributed by atoms with Crippen LogP contribution in [0, 0.1) is 0 Å². The minimum atomic E-state index is -4.76. The van der Waals surface area contributed by atoms with Gasteiger partial charge in [-0.25, -0.2) is 0 Å². The van der Waals surface area contributed by atoms with Gasteiger partial charge in [0, 0.05) is 5.56 Å². The van der Waals surface area contributed by atoms with E-state index in [0.29, 0.717) is 34.0 Å². The van der Waals surface area contributed by atoms with Crippen LogP contribution >= 0.6 is 0 Å². The highest BCUT2D eigenvalue weighted by Gasteiger charge is 2.19. The van der Waals surface area contributed by atoms with Crippen LogP contribution in [-0.4, -0.2) is 25.9 Å². The zero-order valence-corrected chi connectivity index (χ0v) is 30.4. The molecule has 20 heteroatoms. The lowest BCUT2D eigenvalue weighted by molar-refractivity contribution is 0.481. The lowest BCUT2D eigenvalue weighted by atomic mass is 10.0. The Morgan fingerprint density at radius 2 is 0.786 bits per heavy atom. The van der Waals surface area contributed by atoms with E-state index < -0.39 is 30.0 Å². The van der Waals surface area contributed by atoms with Crippen LogP contribution in [0.25, 0.3) is 11.1 Å². The third-order valence-corrected chi connectivity index (χ3v) is 9.55. The highest BCUT2D eigenvalue weighted by atomic mass is 32.2. The van der Waals surface area contributed by atoms with E-state index in [0.717, 1.165) is 12.1 Å². The van der Waals surface area contributed by atoms with Crippen LogP contribution in [0.5, 0.6) is 0 Å². The Morgan fingerprint density at radius 1 is 0.375 bits per heavy atom. The van der Waals surface area contributed by atoms with Gasteiger partial charge >= 0.3 is 0 Å². The summed E-state index contributed by atoms with van der Waals surface area (Å²) in [5.41, 5.74) is 27.3. The maximum absolute atomic E-state index is 12.5. The van der Waals surface area contributed by atoms with E-state index in [4.69, 9.17) is 22.9 Å². The second kappa shape index (κ2) is 16.0. The fourth-order valence-electron chi connectivity index (χ4n) is 5.00. The monoisotopic (exact) mass is 790 g/mol. The first-order valence-electron chi connectivity index (χ1n) is 16.0. The molecule has 0 spiro atoms. The molecule has 0 aliphatic rings. The predicted octanol–water partition coefficient (Wildman–Crippen LogP) is 9.84. The predicted molar refractivity (Wildman–Crippen MR) is 212 cm³/mol. The Labute approximate surface area is 319 Å². The molecule has 0 saturated heterocycles. The lowest BCUT2D eigenvalue weighted by Gasteiger charge is -2.09. The van der Waals surface area contributed by atoms with Crippen molar-refractivity contribution in [1.82, 2.24) is 0 Å². The molecule has 0 fully saturated rings. The summed E-state index contributed by atoms with van der Waals surface area (Å²) in [6.45, 7) is 0. The molecule has 0 aromatic heterocycles. The van der Waals surface area contributed by atoms with E-state index in [9.17, 15) is 25.9 Å². The van der Waals surface area contributed by atoms with Crippen LogP contribution in [0.1, 0.15) is 0 Å². The summed E-state index contributed by atoms with van der Waals surface area (Å²) in [7, 11) is -9.34. The smallest absolute Gasteiger partial charge is 0.296 e. The van der Waals surface area contributed by atoms with E-state index in [1.54, 1.807) is 42.5 Å². The van der Waals surface area contributed by atoms with Gasteiger partial charge in [0.25, 0.3) is 20.2 Å². The van der Waals surface area contributed by atoms with Crippen molar-refractivity contribution in [2.24, 2.45) is 40.9 Å². The van der Waals surface area contributed by atoms with Crippen molar-refractivity contribution in [1.29, 1.82) is 0 Å². The average molecular weight is 791 g/mol. The quantitative estimate of drug-likeness (QED) is 0.0409. The third-order valence-electron chi connectivity index (χ3n) is 7.76. The van der Waals surface area contributed by atoms with Crippen molar-refractivity contribution in [3.8, 4) is 11.1 Å². The number of benzene rings is 6. The van der Waals surface area contributed by atoms with Crippen LogP contribution in [0.4, 0.5) is 68.2 Å². The van der Waals surface area contributed by atoms with Crippen LogP contribution in [0.15, 0.2) is 172 Å². The highest BCUT2D eigenvalue weighted by Crippen LogP contribution is 2.38. The first kappa shape index (κ1) is 38.5. The summed E-state index contributed by atoms with van der Waals surface area (Å²) in [6.07, 6.45) is 0. The van der Waals surface area contributed by atoms with Gasteiger partial charge in [-0.05, 0) is 78.4 Å².